The molecule has 1 aliphatic rings. The van der Waals surface area contributed by atoms with Crippen LogP contribution >= 0.6 is 11.3 Å². The molecule has 0 spiro atoms. The van der Waals surface area contributed by atoms with E-state index in [4.69, 9.17) is 0 Å². The van der Waals surface area contributed by atoms with Gasteiger partial charge in [-0.1, -0.05) is 6.92 Å². The van der Waals surface area contributed by atoms with Crippen molar-refractivity contribution in [1.82, 2.24) is 10.3 Å². The van der Waals surface area contributed by atoms with Crippen LogP contribution in [-0.2, 0) is 24.1 Å². The maximum Gasteiger partial charge on any atom is 0.220 e. The molecule has 0 aliphatic heterocycles. The molecular formula is C13H20N2OS. The van der Waals surface area contributed by atoms with Gasteiger partial charge in [0.25, 0.3) is 0 Å². The van der Waals surface area contributed by atoms with Crippen molar-refractivity contribution in [3.8, 4) is 0 Å². The molecule has 2 rings (SSSR count). The Morgan fingerprint density at radius 1 is 1.41 bits per heavy atom. The summed E-state index contributed by atoms with van der Waals surface area (Å²) >= 11 is 1.81. The normalized spacial score (nSPS) is 14.4. The molecule has 1 heterocycles. The molecule has 0 atom stereocenters. The third-order valence-electron chi connectivity index (χ3n) is 3.03. The first-order chi connectivity index (χ1) is 8.29. The molecule has 1 aromatic heterocycles. The van der Waals surface area contributed by atoms with Crippen LogP contribution in [0.4, 0.5) is 0 Å². The molecule has 0 fully saturated rings. The van der Waals surface area contributed by atoms with Gasteiger partial charge in [-0.15, -0.1) is 11.3 Å². The van der Waals surface area contributed by atoms with E-state index in [1.54, 1.807) is 0 Å². The van der Waals surface area contributed by atoms with Gasteiger partial charge in [-0.3, -0.25) is 4.79 Å². The summed E-state index contributed by atoms with van der Waals surface area (Å²) in [6, 6.07) is 0. The van der Waals surface area contributed by atoms with Crippen molar-refractivity contribution in [3.63, 3.8) is 0 Å². The molecule has 0 aromatic carbocycles. The summed E-state index contributed by atoms with van der Waals surface area (Å²) in [4.78, 5) is 17.6. The fourth-order valence-corrected chi connectivity index (χ4v) is 3.24. The summed E-state index contributed by atoms with van der Waals surface area (Å²) in [5, 5.41) is 4.04. The van der Waals surface area contributed by atoms with Crippen LogP contribution in [0.25, 0.3) is 0 Å². The van der Waals surface area contributed by atoms with E-state index in [-0.39, 0.29) is 5.91 Å². The Hall–Kier alpha value is -0.900. The number of carbonyl (C=O) groups is 1. The molecule has 0 saturated carbocycles. The zero-order chi connectivity index (χ0) is 12.1. The highest BCUT2D eigenvalue weighted by molar-refractivity contribution is 7.11. The summed E-state index contributed by atoms with van der Waals surface area (Å²) < 4.78 is 0. The van der Waals surface area contributed by atoms with E-state index < -0.39 is 0 Å². The van der Waals surface area contributed by atoms with E-state index in [2.05, 4.69) is 17.2 Å². The van der Waals surface area contributed by atoms with E-state index in [0.717, 1.165) is 30.8 Å². The topological polar surface area (TPSA) is 42.0 Å². The molecule has 0 bridgehead atoms. The molecule has 0 saturated heterocycles. The predicted octanol–water partition coefficient (Wildman–Crippen LogP) is 2.48. The van der Waals surface area contributed by atoms with E-state index in [1.807, 2.05) is 11.3 Å². The number of carbonyl (C=O) groups excluding carboxylic acids is 1. The molecule has 4 heteroatoms. The average Bonchev–Trinajstić information content (AvgIpc) is 2.76. The minimum Gasteiger partial charge on any atom is -0.356 e. The number of amides is 1. The summed E-state index contributed by atoms with van der Waals surface area (Å²) in [5.41, 5.74) is 1.30. The van der Waals surface area contributed by atoms with Gasteiger partial charge in [-0.05, 0) is 32.1 Å². The highest BCUT2D eigenvalue weighted by Crippen LogP contribution is 2.27. The zero-order valence-corrected chi connectivity index (χ0v) is 11.2. The summed E-state index contributed by atoms with van der Waals surface area (Å²) in [5.74, 6) is 0.153. The molecule has 17 heavy (non-hydrogen) atoms. The van der Waals surface area contributed by atoms with Crippen molar-refractivity contribution in [1.29, 1.82) is 0 Å². The Morgan fingerprint density at radius 2 is 2.24 bits per heavy atom. The minimum absolute atomic E-state index is 0.153. The Morgan fingerprint density at radius 3 is 3.00 bits per heavy atom. The van der Waals surface area contributed by atoms with Crippen LogP contribution in [0.3, 0.4) is 0 Å². The molecule has 1 aromatic rings. The lowest BCUT2D eigenvalue weighted by Crippen LogP contribution is -2.24. The quantitative estimate of drug-likeness (QED) is 0.874. The van der Waals surface area contributed by atoms with Gasteiger partial charge in [0.15, 0.2) is 0 Å². The van der Waals surface area contributed by atoms with Gasteiger partial charge in [-0.25, -0.2) is 4.98 Å². The Kier molecular flexibility index (Phi) is 4.54. The highest BCUT2D eigenvalue weighted by atomic mass is 32.1. The van der Waals surface area contributed by atoms with E-state index in [1.165, 1.54) is 29.8 Å². The summed E-state index contributed by atoms with van der Waals surface area (Å²) in [6.07, 6.45) is 7.26. The van der Waals surface area contributed by atoms with E-state index in [0.29, 0.717) is 6.42 Å². The first-order valence-electron chi connectivity index (χ1n) is 6.53. The van der Waals surface area contributed by atoms with Gasteiger partial charge in [0.2, 0.25) is 5.91 Å². The fourth-order valence-electron chi connectivity index (χ4n) is 2.09. The Balaban J connectivity index is 1.82. The number of nitrogens with zero attached hydrogens (tertiary/aromatic N) is 1. The molecule has 0 unspecified atom stereocenters. The van der Waals surface area contributed by atoms with E-state index in [9.17, 15) is 4.79 Å². The van der Waals surface area contributed by atoms with Crippen molar-refractivity contribution < 1.29 is 4.79 Å². The van der Waals surface area contributed by atoms with Crippen LogP contribution in [0.2, 0.25) is 0 Å². The number of hydrogen-bond acceptors (Lipinski definition) is 3. The number of rotatable bonds is 5. The van der Waals surface area contributed by atoms with Crippen molar-refractivity contribution in [2.24, 2.45) is 0 Å². The maximum atomic E-state index is 11.5. The third kappa shape index (κ3) is 3.53. The van der Waals surface area contributed by atoms with Crippen molar-refractivity contribution >= 4 is 17.2 Å². The van der Waals surface area contributed by atoms with Gasteiger partial charge in [0.05, 0.1) is 10.7 Å². The Labute approximate surface area is 107 Å². The minimum atomic E-state index is 0.153. The smallest absolute Gasteiger partial charge is 0.220 e. The van der Waals surface area contributed by atoms with Crippen LogP contribution < -0.4 is 5.32 Å². The molecule has 1 amide bonds. The number of fused-ring (bicyclic) bond motifs is 1. The molecule has 3 nitrogen and oxygen atoms in total. The standard InChI is InChI=1S/C13H20N2OS/c1-2-9-14-12(16)7-8-13-15-10-5-3-4-6-11(10)17-13/h2-9H2,1H3,(H,14,16). The highest BCUT2D eigenvalue weighted by Gasteiger charge is 2.15. The lowest BCUT2D eigenvalue weighted by atomic mass is 10.0. The molecule has 0 radical (unpaired) electrons. The number of hydrogen-bond donors (Lipinski definition) is 1. The lowest BCUT2D eigenvalue weighted by molar-refractivity contribution is -0.121. The third-order valence-corrected chi connectivity index (χ3v) is 4.25. The number of thiazole rings is 1. The van der Waals surface area contributed by atoms with Gasteiger partial charge < -0.3 is 5.32 Å². The molecule has 94 valence electrons. The lowest BCUT2D eigenvalue weighted by Gasteiger charge is -2.06. The number of aromatic nitrogens is 1. The van der Waals surface area contributed by atoms with Crippen LogP contribution in [-0.4, -0.2) is 17.4 Å². The fraction of sp³-hybridized carbons (Fsp3) is 0.692. The van der Waals surface area contributed by atoms with Crippen LogP contribution in [0, 0.1) is 0 Å². The monoisotopic (exact) mass is 252 g/mol. The van der Waals surface area contributed by atoms with Gasteiger partial charge in [-0.2, -0.15) is 0 Å². The number of aryl methyl sites for hydroxylation is 3. The second-order valence-corrected chi connectivity index (χ2v) is 5.70. The number of nitrogens with one attached hydrogen (secondary N) is 1. The largest absolute Gasteiger partial charge is 0.356 e. The summed E-state index contributed by atoms with van der Waals surface area (Å²) in [6.45, 7) is 2.85. The summed E-state index contributed by atoms with van der Waals surface area (Å²) in [7, 11) is 0. The van der Waals surface area contributed by atoms with E-state index >= 15 is 0 Å². The van der Waals surface area contributed by atoms with Crippen molar-refractivity contribution in [3.05, 3.63) is 15.6 Å². The second-order valence-electron chi connectivity index (χ2n) is 4.53. The van der Waals surface area contributed by atoms with Gasteiger partial charge in [0.1, 0.15) is 0 Å². The zero-order valence-electron chi connectivity index (χ0n) is 10.4. The molecule has 1 N–H and O–H groups in total. The predicted molar refractivity (Wildman–Crippen MR) is 70.4 cm³/mol. The van der Waals surface area contributed by atoms with Crippen LogP contribution in [0.15, 0.2) is 0 Å². The Bertz CT molecular complexity index is 363. The van der Waals surface area contributed by atoms with Crippen molar-refractivity contribution in [2.45, 2.75) is 51.9 Å². The maximum absolute atomic E-state index is 11.5. The second kappa shape index (κ2) is 6.15. The van der Waals surface area contributed by atoms with Crippen molar-refractivity contribution in [2.75, 3.05) is 6.54 Å². The molecular weight excluding hydrogens is 232 g/mol. The van der Waals surface area contributed by atoms with Gasteiger partial charge in [0, 0.05) is 24.3 Å². The first-order valence-corrected chi connectivity index (χ1v) is 7.35. The van der Waals surface area contributed by atoms with Crippen LogP contribution in [0.5, 0.6) is 0 Å². The molecule has 1 aliphatic carbocycles. The first kappa shape index (κ1) is 12.6. The average molecular weight is 252 g/mol. The van der Waals surface area contributed by atoms with Gasteiger partial charge >= 0.3 is 0 Å². The van der Waals surface area contributed by atoms with Crippen LogP contribution in [0.1, 0.15) is 48.2 Å². The SMILES string of the molecule is CCCNC(=O)CCc1nc2c(s1)CCCC2.